The average molecular weight is 495 g/mol. The molecule has 0 fully saturated rings. The van der Waals surface area contributed by atoms with E-state index in [1.807, 2.05) is 12.1 Å². The number of hydrogen-bond donors (Lipinski definition) is 4. The summed E-state index contributed by atoms with van der Waals surface area (Å²) in [5, 5.41) is 17.2. The van der Waals surface area contributed by atoms with E-state index < -0.39 is 30.9 Å². The van der Waals surface area contributed by atoms with E-state index >= 15 is 0 Å². The Bertz CT molecular complexity index is 1240. The van der Waals surface area contributed by atoms with Gasteiger partial charge in [-0.15, -0.1) is 0 Å². The Morgan fingerprint density at radius 2 is 1.92 bits per heavy atom. The van der Waals surface area contributed by atoms with E-state index in [2.05, 4.69) is 25.9 Å². The lowest BCUT2D eigenvalue weighted by atomic mass is 10.2. The van der Waals surface area contributed by atoms with Crippen LogP contribution in [0.4, 0.5) is 31.0 Å². The molecule has 0 saturated heterocycles. The van der Waals surface area contributed by atoms with Crippen molar-refractivity contribution in [3.8, 4) is 6.07 Å². The molecule has 0 aliphatic heterocycles. The highest BCUT2D eigenvalue weighted by atomic mass is 19.3. The molecule has 186 valence electrons. The topological polar surface area (TPSA) is 155 Å². The van der Waals surface area contributed by atoms with Gasteiger partial charge in [0, 0.05) is 24.8 Å². The number of hydrogen-bond acceptors (Lipinski definition) is 8. The summed E-state index contributed by atoms with van der Waals surface area (Å²) in [6.45, 7) is -0.161. The molecular formula is C24H23F2N7O3. The number of nitrogens with one attached hydrogen (secondary N) is 3. The zero-order chi connectivity index (χ0) is 25.9. The maximum atomic E-state index is 13.1. The van der Waals surface area contributed by atoms with Gasteiger partial charge in [0.1, 0.15) is 18.0 Å². The fourth-order valence-electron chi connectivity index (χ4n) is 3.10. The number of aromatic nitrogens is 2. The number of nitriles is 1. The SMILES string of the molecule is N#Cc1cccc(Nc2nc(NC[C@H](CC(F)F)NC(=O)OCc3ccccc3)ncc2C(N)=O)c1. The highest BCUT2D eigenvalue weighted by Crippen LogP contribution is 2.20. The minimum atomic E-state index is -2.69. The molecule has 12 heteroatoms. The minimum absolute atomic E-state index is 0.00217. The van der Waals surface area contributed by atoms with Crippen molar-refractivity contribution in [2.24, 2.45) is 5.73 Å². The zero-order valence-corrected chi connectivity index (χ0v) is 18.9. The number of benzene rings is 2. The Morgan fingerprint density at radius 1 is 1.14 bits per heavy atom. The molecule has 3 aromatic rings. The normalized spacial score (nSPS) is 11.3. The van der Waals surface area contributed by atoms with E-state index in [1.165, 1.54) is 6.20 Å². The largest absolute Gasteiger partial charge is 0.445 e. The fourth-order valence-corrected chi connectivity index (χ4v) is 3.10. The van der Waals surface area contributed by atoms with E-state index in [-0.39, 0.29) is 30.5 Å². The average Bonchev–Trinajstić information content (AvgIpc) is 2.86. The van der Waals surface area contributed by atoms with Gasteiger partial charge in [0.25, 0.3) is 5.91 Å². The number of alkyl halides is 2. The Morgan fingerprint density at radius 3 is 2.61 bits per heavy atom. The van der Waals surface area contributed by atoms with Gasteiger partial charge in [-0.05, 0) is 23.8 Å². The van der Waals surface area contributed by atoms with Crippen molar-refractivity contribution in [1.82, 2.24) is 15.3 Å². The molecule has 0 unspecified atom stereocenters. The summed E-state index contributed by atoms with van der Waals surface area (Å²) in [7, 11) is 0. The van der Waals surface area contributed by atoms with Crippen LogP contribution in [0.5, 0.6) is 0 Å². The van der Waals surface area contributed by atoms with Crippen LogP contribution >= 0.6 is 0 Å². The van der Waals surface area contributed by atoms with E-state index in [0.717, 1.165) is 5.56 Å². The second kappa shape index (κ2) is 12.6. The number of anilines is 3. The van der Waals surface area contributed by atoms with E-state index in [9.17, 15) is 18.4 Å². The summed E-state index contributed by atoms with van der Waals surface area (Å²) in [5.41, 5.74) is 6.99. The first-order chi connectivity index (χ1) is 17.3. The number of nitrogens with two attached hydrogens (primary N) is 1. The summed E-state index contributed by atoms with van der Waals surface area (Å²) in [5.74, 6) is -0.743. The lowest BCUT2D eigenvalue weighted by molar-refractivity contribution is 0.0999. The van der Waals surface area contributed by atoms with Crippen LogP contribution in [0.2, 0.25) is 0 Å². The fraction of sp³-hybridized carbons (Fsp3) is 0.208. The Labute approximate surface area is 205 Å². The predicted octanol–water partition coefficient (Wildman–Crippen LogP) is 3.55. The second-order valence-electron chi connectivity index (χ2n) is 7.55. The Balaban J connectivity index is 1.67. The smallest absolute Gasteiger partial charge is 0.407 e. The van der Waals surface area contributed by atoms with Crippen molar-refractivity contribution < 1.29 is 23.1 Å². The van der Waals surface area contributed by atoms with Gasteiger partial charge in [0.05, 0.1) is 17.7 Å². The molecule has 0 spiro atoms. The Hall–Kier alpha value is -4.79. The lowest BCUT2D eigenvalue weighted by Crippen LogP contribution is -2.41. The second-order valence-corrected chi connectivity index (χ2v) is 7.55. The first kappa shape index (κ1) is 25.8. The number of primary amides is 1. The van der Waals surface area contributed by atoms with Gasteiger partial charge >= 0.3 is 6.09 Å². The standard InChI is InChI=1S/C24H23F2N7O3/c25-20(26)10-18(32-24(35)36-14-15-5-2-1-3-6-15)12-29-23-30-13-19(21(28)34)22(33-23)31-17-8-4-7-16(9-17)11-27/h1-9,13,18,20H,10,12,14H2,(H2,28,34)(H,32,35)(H2,29,30,31,33)/t18-/m0/s1. The van der Waals surface area contributed by atoms with Gasteiger partial charge < -0.3 is 26.4 Å². The maximum Gasteiger partial charge on any atom is 0.407 e. The maximum absolute atomic E-state index is 13.1. The van der Waals surface area contributed by atoms with Gasteiger partial charge in [-0.25, -0.2) is 18.6 Å². The van der Waals surface area contributed by atoms with E-state index in [1.54, 1.807) is 48.5 Å². The third-order valence-corrected chi connectivity index (χ3v) is 4.81. The number of ether oxygens (including phenoxy) is 1. The van der Waals surface area contributed by atoms with Crippen molar-refractivity contribution in [2.45, 2.75) is 25.5 Å². The van der Waals surface area contributed by atoms with E-state index in [4.69, 9.17) is 15.7 Å². The molecule has 0 aliphatic carbocycles. The van der Waals surface area contributed by atoms with Gasteiger partial charge in [-0.1, -0.05) is 36.4 Å². The lowest BCUT2D eigenvalue weighted by Gasteiger charge is -2.19. The number of rotatable bonds is 11. The molecule has 36 heavy (non-hydrogen) atoms. The number of nitrogens with zero attached hydrogens (tertiary/aromatic N) is 3. The van der Waals surface area contributed by atoms with Gasteiger partial charge in [-0.3, -0.25) is 4.79 Å². The molecule has 3 rings (SSSR count). The summed E-state index contributed by atoms with van der Waals surface area (Å²) < 4.78 is 31.3. The number of carbonyl (C=O) groups is 2. The molecule has 0 bridgehead atoms. The van der Waals surface area contributed by atoms with Crippen LogP contribution in [0.1, 0.15) is 27.9 Å². The monoisotopic (exact) mass is 495 g/mol. The summed E-state index contributed by atoms with van der Waals surface area (Å²) in [4.78, 5) is 32.1. The highest BCUT2D eigenvalue weighted by Gasteiger charge is 2.20. The Kier molecular flexibility index (Phi) is 9.05. The first-order valence-electron chi connectivity index (χ1n) is 10.8. The van der Waals surface area contributed by atoms with Crippen LogP contribution in [-0.4, -0.2) is 41.0 Å². The molecule has 2 amide bonds. The molecule has 0 aliphatic rings. The summed E-state index contributed by atoms with van der Waals surface area (Å²) in [6.07, 6.45) is -3.00. The van der Waals surface area contributed by atoms with Crippen LogP contribution in [0, 0.1) is 11.3 Å². The molecule has 2 aromatic carbocycles. The van der Waals surface area contributed by atoms with Crippen molar-refractivity contribution in [3.05, 3.63) is 77.5 Å². The molecule has 1 aromatic heterocycles. The zero-order valence-electron chi connectivity index (χ0n) is 18.9. The number of halogens is 2. The predicted molar refractivity (Wildman–Crippen MR) is 128 cm³/mol. The molecule has 0 saturated carbocycles. The molecule has 5 N–H and O–H groups in total. The summed E-state index contributed by atoms with van der Waals surface area (Å²) in [6, 6.07) is 16.4. The van der Waals surface area contributed by atoms with Crippen LogP contribution in [0.25, 0.3) is 0 Å². The number of carbonyl (C=O) groups excluding carboxylic acids is 2. The van der Waals surface area contributed by atoms with E-state index in [0.29, 0.717) is 11.3 Å². The third-order valence-electron chi connectivity index (χ3n) is 4.81. The van der Waals surface area contributed by atoms with Crippen molar-refractivity contribution in [2.75, 3.05) is 17.2 Å². The van der Waals surface area contributed by atoms with Crippen LogP contribution < -0.4 is 21.7 Å². The van der Waals surface area contributed by atoms with Crippen molar-refractivity contribution in [3.63, 3.8) is 0 Å². The van der Waals surface area contributed by atoms with Crippen molar-refractivity contribution in [1.29, 1.82) is 5.26 Å². The first-order valence-corrected chi connectivity index (χ1v) is 10.8. The van der Waals surface area contributed by atoms with Crippen molar-refractivity contribution >= 4 is 29.5 Å². The molecule has 1 heterocycles. The van der Waals surface area contributed by atoms with Gasteiger partial charge in [-0.2, -0.15) is 10.2 Å². The third kappa shape index (κ3) is 7.91. The quantitative estimate of drug-likeness (QED) is 0.315. The van der Waals surface area contributed by atoms with Crippen LogP contribution in [0.3, 0.4) is 0 Å². The number of amides is 2. The minimum Gasteiger partial charge on any atom is -0.445 e. The van der Waals surface area contributed by atoms with Gasteiger partial charge in [0.15, 0.2) is 0 Å². The molecular weight excluding hydrogens is 472 g/mol. The van der Waals surface area contributed by atoms with Crippen LogP contribution in [-0.2, 0) is 11.3 Å². The molecule has 10 nitrogen and oxygen atoms in total. The van der Waals surface area contributed by atoms with Crippen LogP contribution in [0.15, 0.2) is 60.8 Å². The number of alkyl carbamates (subject to hydrolysis) is 1. The molecule has 0 radical (unpaired) electrons. The van der Waals surface area contributed by atoms with Gasteiger partial charge in [0.2, 0.25) is 12.4 Å². The summed E-state index contributed by atoms with van der Waals surface area (Å²) >= 11 is 0. The highest BCUT2D eigenvalue weighted by molar-refractivity contribution is 5.98. The molecule has 1 atom stereocenters.